The second-order valence-electron chi connectivity index (χ2n) is 6.82. The Morgan fingerprint density at radius 2 is 1.42 bits per heavy atom. The van der Waals surface area contributed by atoms with Gasteiger partial charge in [0.15, 0.2) is 5.78 Å². The molecule has 0 N–H and O–H groups in total. The van der Waals surface area contributed by atoms with Crippen LogP contribution in [0.4, 0.5) is 0 Å². The van der Waals surface area contributed by atoms with Crippen LogP contribution in [-0.2, 0) is 0 Å². The molecule has 1 fully saturated rings. The number of carbonyl (C=O) groups is 2. The molecule has 0 spiro atoms. The molecule has 130 valence electrons. The van der Waals surface area contributed by atoms with E-state index >= 15 is 0 Å². The van der Waals surface area contributed by atoms with Gasteiger partial charge in [-0.15, -0.1) is 0 Å². The van der Waals surface area contributed by atoms with Crippen LogP contribution in [0, 0.1) is 5.92 Å². The third kappa shape index (κ3) is 3.13. The summed E-state index contributed by atoms with van der Waals surface area (Å²) in [6, 6.07) is 23.3. The first-order chi connectivity index (χ1) is 12.7. The summed E-state index contributed by atoms with van der Waals surface area (Å²) < 4.78 is 0. The standard InChI is InChI=1S/C23H21NO2/c25-22(18-8-2-1-3-9-18)19-13-15-24(16-14-19)23(26)21-12-6-10-17-7-4-5-11-20(17)21/h1-12,19H,13-16H2. The molecule has 26 heavy (non-hydrogen) atoms. The molecule has 0 saturated carbocycles. The van der Waals surface area contributed by atoms with Gasteiger partial charge in [-0.05, 0) is 29.7 Å². The quantitative estimate of drug-likeness (QED) is 0.653. The minimum atomic E-state index is 0.00830. The third-order valence-corrected chi connectivity index (χ3v) is 5.23. The average Bonchev–Trinajstić information content (AvgIpc) is 2.73. The van der Waals surface area contributed by atoms with Crippen LogP contribution in [0.15, 0.2) is 72.8 Å². The van der Waals surface area contributed by atoms with E-state index in [1.54, 1.807) is 0 Å². The summed E-state index contributed by atoms with van der Waals surface area (Å²) in [6.07, 6.45) is 1.45. The van der Waals surface area contributed by atoms with Crippen LogP contribution in [0.5, 0.6) is 0 Å². The minimum Gasteiger partial charge on any atom is -0.339 e. The number of fused-ring (bicyclic) bond motifs is 1. The van der Waals surface area contributed by atoms with E-state index in [0.29, 0.717) is 13.1 Å². The normalized spacial score (nSPS) is 15.2. The first kappa shape index (κ1) is 16.5. The fourth-order valence-corrected chi connectivity index (χ4v) is 3.77. The van der Waals surface area contributed by atoms with E-state index in [-0.39, 0.29) is 17.6 Å². The van der Waals surface area contributed by atoms with Crippen LogP contribution in [0.2, 0.25) is 0 Å². The molecule has 1 aliphatic rings. The van der Waals surface area contributed by atoms with Crippen molar-refractivity contribution < 1.29 is 9.59 Å². The van der Waals surface area contributed by atoms with E-state index in [2.05, 4.69) is 0 Å². The molecule has 0 unspecified atom stereocenters. The molecule has 1 amide bonds. The molecule has 0 aromatic heterocycles. The Bertz CT molecular complexity index is 935. The number of ketones is 1. The molecule has 4 rings (SSSR count). The molecule has 3 aromatic carbocycles. The molecular formula is C23H21NO2. The van der Waals surface area contributed by atoms with Gasteiger partial charge in [0.2, 0.25) is 0 Å². The summed E-state index contributed by atoms with van der Waals surface area (Å²) in [5, 5.41) is 2.06. The fraction of sp³-hybridized carbons (Fsp3) is 0.217. The number of hydrogen-bond donors (Lipinski definition) is 0. The largest absolute Gasteiger partial charge is 0.339 e. The van der Waals surface area contributed by atoms with Crippen molar-refractivity contribution in [1.82, 2.24) is 4.90 Å². The first-order valence-corrected chi connectivity index (χ1v) is 9.10. The number of amides is 1. The summed E-state index contributed by atoms with van der Waals surface area (Å²) in [6.45, 7) is 1.26. The number of likely N-dealkylation sites (tertiary alicyclic amines) is 1. The van der Waals surface area contributed by atoms with Crippen LogP contribution in [0.3, 0.4) is 0 Å². The molecule has 0 radical (unpaired) electrons. The van der Waals surface area contributed by atoms with Crippen molar-refractivity contribution in [1.29, 1.82) is 0 Å². The lowest BCUT2D eigenvalue weighted by Crippen LogP contribution is -2.40. The maximum Gasteiger partial charge on any atom is 0.254 e. The van der Waals surface area contributed by atoms with Crippen molar-refractivity contribution in [2.24, 2.45) is 5.92 Å². The molecule has 3 aromatic rings. The van der Waals surface area contributed by atoms with Gasteiger partial charge in [0.05, 0.1) is 0 Å². The summed E-state index contributed by atoms with van der Waals surface area (Å²) in [4.78, 5) is 27.5. The van der Waals surface area contributed by atoms with E-state index in [1.807, 2.05) is 77.7 Å². The number of nitrogens with zero attached hydrogens (tertiary/aromatic N) is 1. The lowest BCUT2D eigenvalue weighted by molar-refractivity contribution is 0.0652. The second kappa shape index (κ2) is 7.12. The summed E-state index contributed by atoms with van der Waals surface area (Å²) in [5.41, 5.74) is 1.52. The molecule has 3 heteroatoms. The van der Waals surface area contributed by atoms with Gasteiger partial charge < -0.3 is 4.90 Å². The molecule has 3 nitrogen and oxygen atoms in total. The zero-order valence-corrected chi connectivity index (χ0v) is 14.6. The highest BCUT2D eigenvalue weighted by molar-refractivity contribution is 6.07. The number of carbonyl (C=O) groups excluding carboxylic acids is 2. The van der Waals surface area contributed by atoms with Gasteiger partial charge in [-0.25, -0.2) is 0 Å². The summed E-state index contributed by atoms with van der Waals surface area (Å²) in [7, 11) is 0. The Morgan fingerprint density at radius 1 is 0.769 bits per heavy atom. The summed E-state index contributed by atoms with van der Waals surface area (Å²) >= 11 is 0. The van der Waals surface area contributed by atoms with Crippen molar-refractivity contribution in [2.75, 3.05) is 13.1 Å². The van der Waals surface area contributed by atoms with E-state index < -0.39 is 0 Å². The maximum atomic E-state index is 13.0. The first-order valence-electron chi connectivity index (χ1n) is 9.10. The monoisotopic (exact) mass is 343 g/mol. The zero-order chi connectivity index (χ0) is 17.9. The lowest BCUT2D eigenvalue weighted by atomic mass is 9.88. The van der Waals surface area contributed by atoms with Gasteiger partial charge in [0, 0.05) is 30.1 Å². The van der Waals surface area contributed by atoms with Crippen LogP contribution < -0.4 is 0 Å². The van der Waals surface area contributed by atoms with E-state index in [4.69, 9.17) is 0 Å². The lowest BCUT2D eigenvalue weighted by Gasteiger charge is -2.31. The van der Waals surface area contributed by atoms with Crippen LogP contribution in [-0.4, -0.2) is 29.7 Å². The van der Waals surface area contributed by atoms with Crippen molar-refractivity contribution in [2.45, 2.75) is 12.8 Å². The van der Waals surface area contributed by atoms with Gasteiger partial charge in [-0.1, -0.05) is 66.7 Å². The fourth-order valence-electron chi connectivity index (χ4n) is 3.77. The number of piperidine rings is 1. The Balaban J connectivity index is 1.48. The average molecular weight is 343 g/mol. The van der Waals surface area contributed by atoms with Gasteiger partial charge in [0.25, 0.3) is 5.91 Å². The Hall–Kier alpha value is -2.94. The highest BCUT2D eigenvalue weighted by Gasteiger charge is 2.28. The van der Waals surface area contributed by atoms with E-state index in [9.17, 15) is 9.59 Å². The van der Waals surface area contributed by atoms with Crippen LogP contribution >= 0.6 is 0 Å². The highest BCUT2D eigenvalue weighted by Crippen LogP contribution is 2.25. The molecule has 0 atom stereocenters. The van der Waals surface area contributed by atoms with Crippen LogP contribution in [0.1, 0.15) is 33.6 Å². The predicted molar refractivity (Wildman–Crippen MR) is 103 cm³/mol. The number of Topliss-reactive ketones (excluding diaryl/α,β-unsaturated/α-hetero) is 1. The van der Waals surface area contributed by atoms with Gasteiger partial charge >= 0.3 is 0 Å². The number of hydrogen-bond acceptors (Lipinski definition) is 2. The molecular weight excluding hydrogens is 322 g/mol. The molecule has 1 saturated heterocycles. The maximum absolute atomic E-state index is 13.0. The van der Waals surface area contributed by atoms with Crippen molar-refractivity contribution >= 4 is 22.5 Å². The smallest absolute Gasteiger partial charge is 0.254 e. The van der Waals surface area contributed by atoms with E-state index in [0.717, 1.165) is 34.7 Å². The SMILES string of the molecule is O=C(c1ccccc1)C1CCN(C(=O)c2cccc3ccccc23)CC1. The number of rotatable bonds is 3. The topological polar surface area (TPSA) is 37.4 Å². The van der Waals surface area contributed by atoms with Crippen molar-refractivity contribution in [3.63, 3.8) is 0 Å². The molecule has 0 aliphatic carbocycles. The van der Waals surface area contributed by atoms with Crippen molar-refractivity contribution in [3.05, 3.63) is 83.9 Å². The molecule has 0 bridgehead atoms. The van der Waals surface area contributed by atoms with E-state index in [1.165, 1.54) is 0 Å². The van der Waals surface area contributed by atoms with Gasteiger partial charge in [-0.3, -0.25) is 9.59 Å². The Kier molecular flexibility index (Phi) is 4.53. The predicted octanol–water partition coefficient (Wildman–Crippen LogP) is 4.57. The van der Waals surface area contributed by atoms with Crippen LogP contribution in [0.25, 0.3) is 10.8 Å². The number of benzene rings is 3. The third-order valence-electron chi connectivity index (χ3n) is 5.23. The molecule has 1 aliphatic heterocycles. The molecule has 1 heterocycles. The Morgan fingerprint density at radius 3 is 2.19 bits per heavy atom. The Labute approximate surface area is 153 Å². The van der Waals surface area contributed by atoms with Gasteiger partial charge in [-0.2, -0.15) is 0 Å². The summed E-state index contributed by atoms with van der Waals surface area (Å²) in [5.74, 6) is 0.268. The van der Waals surface area contributed by atoms with Crippen molar-refractivity contribution in [3.8, 4) is 0 Å². The highest BCUT2D eigenvalue weighted by atomic mass is 16.2. The zero-order valence-electron chi connectivity index (χ0n) is 14.6. The second-order valence-corrected chi connectivity index (χ2v) is 6.82. The minimum absolute atomic E-state index is 0.00830. The van der Waals surface area contributed by atoms with Gasteiger partial charge in [0.1, 0.15) is 0 Å².